The van der Waals surface area contributed by atoms with Gasteiger partial charge in [0.05, 0.1) is 17.9 Å². The van der Waals surface area contributed by atoms with Crippen LogP contribution in [0.4, 0.5) is 0 Å². The van der Waals surface area contributed by atoms with Gasteiger partial charge in [-0.1, -0.05) is 30.7 Å². The number of amides is 1. The summed E-state index contributed by atoms with van der Waals surface area (Å²) in [5.41, 5.74) is 4.59. The second-order valence-corrected chi connectivity index (χ2v) is 6.83. The van der Waals surface area contributed by atoms with E-state index < -0.39 is 0 Å². The molecule has 26 heavy (non-hydrogen) atoms. The highest BCUT2D eigenvalue weighted by Gasteiger charge is 2.29. The van der Waals surface area contributed by atoms with Crippen molar-refractivity contribution < 1.29 is 9.21 Å². The molecule has 0 atom stereocenters. The summed E-state index contributed by atoms with van der Waals surface area (Å²) in [6, 6.07) is 7.56. The summed E-state index contributed by atoms with van der Waals surface area (Å²) in [4.78, 5) is 19.0. The van der Waals surface area contributed by atoms with Gasteiger partial charge in [-0.25, -0.2) is 4.98 Å². The smallest absolute Gasteiger partial charge is 0.291 e. The van der Waals surface area contributed by atoms with Crippen molar-refractivity contribution in [2.24, 2.45) is 0 Å². The lowest BCUT2D eigenvalue weighted by Crippen LogP contribution is -2.36. The van der Waals surface area contributed by atoms with Crippen LogP contribution in [0.25, 0.3) is 11.3 Å². The Hall–Kier alpha value is -2.60. The summed E-state index contributed by atoms with van der Waals surface area (Å²) in [7, 11) is 0. The number of fused-ring (bicyclic) bond motifs is 1. The van der Waals surface area contributed by atoms with Crippen LogP contribution in [0.1, 0.15) is 40.3 Å². The highest BCUT2D eigenvalue weighted by atomic mass is 35.5. The first-order valence-corrected chi connectivity index (χ1v) is 9.02. The lowest BCUT2D eigenvalue weighted by molar-refractivity contribution is 0.0699. The fourth-order valence-electron chi connectivity index (χ4n) is 3.26. The highest BCUT2D eigenvalue weighted by molar-refractivity contribution is 6.30. The minimum atomic E-state index is -0.122. The van der Waals surface area contributed by atoms with Gasteiger partial charge in [0.15, 0.2) is 5.89 Å². The zero-order valence-electron chi connectivity index (χ0n) is 14.7. The van der Waals surface area contributed by atoms with Crippen LogP contribution in [0.3, 0.4) is 0 Å². The molecule has 0 aliphatic carbocycles. The van der Waals surface area contributed by atoms with Gasteiger partial charge >= 0.3 is 0 Å². The van der Waals surface area contributed by atoms with Gasteiger partial charge in [-0.2, -0.15) is 5.10 Å². The van der Waals surface area contributed by atoms with Crippen LogP contribution in [0.5, 0.6) is 0 Å². The maximum Gasteiger partial charge on any atom is 0.291 e. The van der Waals surface area contributed by atoms with Crippen molar-refractivity contribution in [1.29, 1.82) is 0 Å². The average Bonchev–Trinajstić information content (AvgIpc) is 3.24. The number of benzene rings is 1. The van der Waals surface area contributed by atoms with Gasteiger partial charge < -0.3 is 9.32 Å². The van der Waals surface area contributed by atoms with E-state index in [0.717, 1.165) is 28.9 Å². The molecule has 1 N–H and O–H groups in total. The minimum absolute atomic E-state index is 0.122. The monoisotopic (exact) mass is 370 g/mol. The van der Waals surface area contributed by atoms with E-state index in [9.17, 15) is 4.79 Å². The Kier molecular flexibility index (Phi) is 4.28. The number of nitrogens with zero attached hydrogens (tertiary/aromatic N) is 3. The number of aryl methyl sites for hydroxylation is 2. The predicted molar refractivity (Wildman–Crippen MR) is 98.1 cm³/mol. The molecular weight excluding hydrogens is 352 g/mol. The van der Waals surface area contributed by atoms with E-state index in [2.05, 4.69) is 15.2 Å². The number of hydrogen-bond donors (Lipinski definition) is 1. The number of hydrogen-bond acceptors (Lipinski definition) is 4. The van der Waals surface area contributed by atoms with Gasteiger partial charge in [0.1, 0.15) is 0 Å². The largest absolute Gasteiger partial charge is 0.435 e. The molecule has 1 amide bonds. The van der Waals surface area contributed by atoms with E-state index in [1.165, 1.54) is 0 Å². The number of rotatable bonds is 3. The lowest BCUT2D eigenvalue weighted by Gasteiger charge is -2.26. The van der Waals surface area contributed by atoms with Crippen molar-refractivity contribution in [2.75, 3.05) is 6.54 Å². The molecule has 6 nitrogen and oxygen atoms in total. The average molecular weight is 371 g/mol. The SMILES string of the molecule is CCc1nc(C)c(C(=O)N2CCc3[nH]nc(-c4ccc(Cl)cc4)c3C2)o1. The number of aromatic amines is 1. The van der Waals surface area contributed by atoms with Crippen LogP contribution in [0.2, 0.25) is 5.02 Å². The molecule has 0 saturated heterocycles. The van der Waals surface area contributed by atoms with Crippen molar-refractivity contribution in [3.05, 3.63) is 57.9 Å². The van der Waals surface area contributed by atoms with E-state index in [-0.39, 0.29) is 5.91 Å². The van der Waals surface area contributed by atoms with E-state index in [4.69, 9.17) is 16.0 Å². The predicted octanol–water partition coefficient (Wildman–Crippen LogP) is 3.79. The first-order chi connectivity index (χ1) is 12.6. The first kappa shape index (κ1) is 16.8. The summed E-state index contributed by atoms with van der Waals surface area (Å²) in [6.45, 7) is 4.87. The van der Waals surface area contributed by atoms with Crippen molar-refractivity contribution in [3.63, 3.8) is 0 Å². The molecule has 3 heterocycles. The molecule has 0 fully saturated rings. The maximum absolute atomic E-state index is 12.9. The molecule has 0 unspecified atom stereocenters. The van der Waals surface area contributed by atoms with Gasteiger partial charge in [-0.3, -0.25) is 9.89 Å². The lowest BCUT2D eigenvalue weighted by atomic mass is 10.0. The van der Waals surface area contributed by atoms with Crippen LogP contribution in [0, 0.1) is 6.92 Å². The van der Waals surface area contributed by atoms with Crippen molar-refractivity contribution in [1.82, 2.24) is 20.1 Å². The Bertz CT molecular complexity index is 959. The van der Waals surface area contributed by atoms with Crippen LogP contribution >= 0.6 is 11.6 Å². The summed E-state index contributed by atoms with van der Waals surface area (Å²) in [6.07, 6.45) is 1.40. The third-order valence-electron chi connectivity index (χ3n) is 4.68. The van der Waals surface area contributed by atoms with Crippen molar-refractivity contribution in [2.45, 2.75) is 33.2 Å². The molecule has 4 rings (SSSR count). The zero-order chi connectivity index (χ0) is 18.3. The molecule has 0 bridgehead atoms. The fraction of sp³-hybridized carbons (Fsp3) is 0.316. The molecule has 7 heteroatoms. The second kappa shape index (κ2) is 6.61. The van der Waals surface area contributed by atoms with E-state index in [1.807, 2.05) is 38.1 Å². The quantitative estimate of drug-likeness (QED) is 0.761. The van der Waals surface area contributed by atoms with Gasteiger partial charge in [-0.15, -0.1) is 0 Å². The van der Waals surface area contributed by atoms with Gasteiger partial charge in [-0.05, 0) is 19.1 Å². The number of H-pyrrole nitrogens is 1. The highest BCUT2D eigenvalue weighted by Crippen LogP contribution is 2.30. The number of halogens is 1. The molecular formula is C19H19ClN4O2. The van der Waals surface area contributed by atoms with E-state index in [0.29, 0.717) is 41.9 Å². The summed E-state index contributed by atoms with van der Waals surface area (Å²) in [5, 5.41) is 8.25. The van der Waals surface area contributed by atoms with Crippen LogP contribution < -0.4 is 0 Å². The number of oxazole rings is 1. The Labute approximate surface area is 156 Å². The summed E-state index contributed by atoms with van der Waals surface area (Å²) < 4.78 is 5.64. The molecule has 3 aromatic rings. The van der Waals surface area contributed by atoms with Gasteiger partial charge in [0.25, 0.3) is 5.91 Å². The van der Waals surface area contributed by atoms with Crippen LogP contribution in [-0.2, 0) is 19.4 Å². The van der Waals surface area contributed by atoms with Gasteiger partial charge in [0, 0.05) is 41.2 Å². The summed E-state index contributed by atoms with van der Waals surface area (Å²) >= 11 is 5.98. The Morgan fingerprint density at radius 2 is 2.12 bits per heavy atom. The number of carbonyl (C=O) groups excluding carboxylic acids is 1. The van der Waals surface area contributed by atoms with E-state index in [1.54, 1.807) is 4.90 Å². The minimum Gasteiger partial charge on any atom is -0.435 e. The molecule has 0 spiro atoms. The van der Waals surface area contributed by atoms with Gasteiger partial charge in [0.2, 0.25) is 5.76 Å². The number of nitrogens with one attached hydrogen (secondary N) is 1. The Morgan fingerprint density at radius 1 is 1.35 bits per heavy atom. The van der Waals surface area contributed by atoms with Crippen LogP contribution in [-0.4, -0.2) is 32.5 Å². The number of aromatic nitrogens is 3. The molecule has 1 aromatic carbocycles. The van der Waals surface area contributed by atoms with E-state index >= 15 is 0 Å². The molecule has 0 saturated carbocycles. The first-order valence-electron chi connectivity index (χ1n) is 8.64. The molecule has 1 aliphatic heterocycles. The molecule has 2 aromatic heterocycles. The van der Waals surface area contributed by atoms with Crippen molar-refractivity contribution in [3.8, 4) is 11.3 Å². The Morgan fingerprint density at radius 3 is 2.81 bits per heavy atom. The standard InChI is InChI=1S/C19H19ClN4O2/c1-3-16-21-11(2)18(26-16)19(25)24-9-8-15-14(10-24)17(23-22-15)12-4-6-13(20)7-5-12/h4-7H,3,8-10H2,1-2H3,(H,22,23). The topological polar surface area (TPSA) is 75.0 Å². The second-order valence-electron chi connectivity index (χ2n) is 6.39. The molecule has 1 aliphatic rings. The normalized spacial score (nSPS) is 13.7. The van der Waals surface area contributed by atoms with Crippen molar-refractivity contribution >= 4 is 17.5 Å². The summed E-state index contributed by atoms with van der Waals surface area (Å²) in [5.74, 6) is 0.805. The molecule has 134 valence electrons. The third-order valence-corrected chi connectivity index (χ3v) is 4.93. The van der Waals surface area contributed by atoms with Crippen LogP contribution in [0.15, 0.2) is 28.7 Å². The Balaban J connectivity index is 1.63. The third kappa shape index (κ3) is 2.90. The molecule has 0 radical (unpaired) electrons. The maximum atomic E-state index is 12.9. The fourth-order valence-corrected chi connectivity index (χ4v) is 3.39. The zero-order valence-corrected chi connectivity index (χ0v) is 15.4. The number of carbonyl (C=O) groups is 1.